The molecule has 0 atom stereocenters. The number of hydrogen-bond acceptors (Lipinski definition) is 5. The Labute approximate surface area is 130 Å². The Hall–Kier alpha value is -1.70. The van der Waals surface area contributed by atoms with E-state index in [0.29, 0.717) is 5.56 Å². The third kappa shape index (κ3) is 3.21. The fourth-order valence-electron chi connectivity index (χ4n) is 2.09. The van der Waals surface area contributed by atoms with Crippen LogP contribution in [0.5, 0.6) is 0 Å². The molecule has 0 bridgehead atoms. The molecule has 0 radical (unpaired) electrons. The second-order valence-corrected chi connectivity index (χ2v) is 6.32. The van der Waals surface area contributed by atoms with E-state index in [1.54, 1.807) is 12.3 Å². The minimum absolute atomic E-state index is 0.124. The van der Waals surface area contributed by atoms with Crippen molar-refractivity contribution in [1.29, 1.82) is 0 Å². The number of carbonyl (C=O) groups is 1. The van der Waals surface area contributed by atoms with Gasteiger partial charge in [-0.15, -0.1) is 0 Å². The molecule has 1 aromatic heterocycles. The minimum atomic E-state index is -1.02. The average molecular weight is 304 g/mol. The first kappa shape index (κ1) is 16.7. The Balaban J connectivity index is 2.29. The Morgan fingerprint density at radius 2 is 1.91 bits per heavy atom. The van der Waals surface area contributed by atoms with E-state index in [-0.39, 0.29) is 12.1 Å². The SMILES string of the molecule is CC1(C)OB(C(=Cc2cncc(C(=O)O)c2)CN)OC1(C)C. The summed E-state index contributed by atoms with van der Waals surface area (Å²) in [7, 11) is -0.552. The predicted molar refractivity (Wildman–Crippen MR) is 84.3 cm³/mol. The van der Waals surface area contributed by atoms with Gasteiger partial charge in [-0.1, -0.05) is 6.08 Å². The quantitative estimate of drug-likeness (QED) is 0.823. The number of rotatable bonds is 4. The van der Waals surface area contributed by atoms with Crippen LogP contribution in [0.2, 0.25) is 0 Å². The first-order valence-electron chi connectivity index (χ1n) is 7.11. The topological polar surface area (TPSA) is 94.7 Å². The lowest BCUT2D eigenvalue weighted by molar-refractivity contribution is 0.00578. The second-order valence-electron chi connectivity index (χ2n) is 6.32. The van der Waals surface area contributed by atoms with E-state index in [2.05, 4.69) is 4.98 Å². The van der Waals surface area contributed by atoms with Crippen molar-refractivity contribution in [3.8, 4) is 0 Å². The smallest absolute Gasteiger partial charge is 0.478 e. The number of carboxylic acids is 1. The molecule has 6 nitrogen and oxygen atoms in total. The van der Waals surface area contributed by atoms with Gasteiger partial charge in [-0.25, -0.2) is 4.79 Å². The molecule has 3 N–H and O–H groups in total. The van der Waals surface area contributed by atoms with Gasteiger partial charge in [0, 0.05) is 18.9 Å². The highest BCUT2D eigenvalue weighted by molar-refractivity contribution is 6.55. The Morgan fingerprint density at radius 1 is 1.32 bits per heavy atom. The molecule has 0 amide bonds. The van der Waals surface area contributed by atoms with Crippen molar-refractivity contribution in [1.82, 2.24) is 4.98 Å². The largest absolute Gasteiger partial charge is 0.491 e. The van der Waals surface area contributed by atoms with E-state index in [4.69, 9.17) is 20.1 Å². The van der Waals surface area contributed by atoms with Crippen molar-refractivity contribution in [3.63, 3.8) is 0 Å². The normalized spacial score (nSPS) is 20.2. The Kier molecular flexibility index (Phi) is 4.42. The van der Waals surface area contributed by atoms with Crippen LogP contribution in [0.3, 0.4) is 0 Å². The van der Waals surface area contributed by atoms with E-state index in [9.17, 15) is 4.79 Å². The molecular weight excluding hydrogens is 283 g/mol. The molecule has 0 unspecified atom stereocenters. The maximum Gasteiger partial charge on any atom is 0.491 e. The summed E-state index contributed by atoms with van der Waals surface area (Å²) >= 11 is 0. The number of aromatic nitrogens is 1. The molecule has 118 valence electrons. The fourth-order valence-corrected chi connectivity index (χ4v) is 2.09. The number of pyridine rings is 1. The molecule has 2 heterocycles. The highest BCUT2D eigenvalue weighted by atomic mass is 16.7. The fraction of sp³-hybridized carbons (Fsp3) is 0.467. The van der Waals surface area contributed by atoms with Gasteiger partial charge in [-0.05, 0) is 44.8 Å². The zero-order chi connectivity index (χ0) is 16.5. The number of aromatic carboxylic acids is 1. The van der Waals surface area contributed by atoms with Crippen molar-refractivity contribution in [3.05, 3.63) is 35.1 Å². The summed E-state index contributed by atoms with van der Waals surface area (Å²) in [4.78, 5) is 14.9. The van der Waals surface area contributed by atoms with Crippen LogP contribution in [0.25, 0.3) is 6.08 Å². The lowest BCUT2D eigenvalue weighted by Crippen LogP contribution is -2.41. The van der Waals surface area contributed by atoms with Gasteiger partial charge in [0.1, 0.15) is 0 Å². The number of hydrogen-bond donors (Lipinski definition) is 2. The maximum atomic E-state index is 11.0. The summed E-state index contributed by atoms with van der Waals surface area (Å²) in [6.07, 6.45) is 4.64. The molecule has 7 heteroatoms. The van der Waals surface area contributed by atoms with Crippen molar-refractivity contribution in [2.45, 2.75) is 38.9 Å². The molecule has 0 aromatic carbocycles. The predicted octanol–water partition coefficient (Wildman–Crippen LogP) is 1.75. The summed E-state index contributed by atoms with van der Waals surface area (Å²) in [5.74, 6) is -1.02. The summed E-state index contributed by atoms with van der Waals surface area (Å²) in [6.45, 7) is 8.11. The Morgan fingerprint density at radius 3 is 2.41 bits per heavy atom. The number of nitrogens with zero attached hydrogens (tertiary/aromatic N) is 1. The number of nitrogens with two attached hydrogens (primary N) is 1. The van der Waals surface area contributed by atoms with Gasteiger partial charge in [-0.2, -0.15) is 0 Å². The van der Waals surface area contributed by atoms with Gasteiger partial charge in [0.15, 0.2) is 0 Å². The molecular formula is C15H21BN2O4. The van der Waals surface area contributed by atoms with Gasteiger partial charge >= 0.3 is 13.1 Å². The van der Waals surface area contributed by atoms with E-state index in [0.717, 1.165) is 5.47 Å². The molecule has 0 aliphatic carbocycles. The van der Waals surface area contributed by atoms with Crippen molar-refractivity contribution in [2.24, 2.45) is 5.73 Å². The summed E-state index contributed by atoms with van der Waals surface area (Å²) in [5, 5.41) is 9.01. The van der Waals surface area contributed by atoms with E-state index in [1.165, 1.54) is 12.3 Å². The van der Waals surface area contributed by atoms with Crippen molar-refractivity contribution >= 4 is 19.2 Å². The van der Waals surface area contributed by atoms with Crippen LogP contribution >= 0.6 is 0 Å². The van der Waals surface area contributed by atoms with Crippen LogP contribution in [0.4, 0.5) is 0 Å². The van der Waals surface area contributed by atoms with Gasteiger partial charge < -0.3 is 20.1 Å². The molecule has 1 aliphatic rings. The lowest BCUT2D eigenvalue weighted by atomic mass is 9.77. The molecule has 0 spiro atoms. The summed E-state index contributed by atoms with van der Waals surface area (Å²) < 4.78 is 11.9. The van der Waals surface area contributed by atoms with Gasteiger partial charge in [0.25, 0.3) is 0 Å². The Bertz CT molecular complexity index is 597. The zero-order valence-electron chi connectivity index (χ0n) is 13.3. The first-order chi connectivity index (χ1) is 10.2. The molecule has 1 aromatic rings. The van der Waals surface area contributed by atoms with E-state index in [1.807, 2.05) is 27.7 Å². The van der Waals surface area contributed by atoms with Crippen LogP contribution in [0, 0.1) is 0 Å². The van der Waals surface area contributed by atoms with Crippen LogP contribution in [0.1, 0.15) is 43.6 Å². The highest BCUT2D eigenvalue weighted by Gasteiger charge is 2.52. The third-order valence-electron chi connectivity index (χ3n) is 4.15. The highest BCUT2D eigenvalue weighted by Crippen LogP contribution is 2.38. The summed E-state index contributed by atoms with van der Waals surface area (Å²) in [6, 6.07) is 1.54. The van der Waals surface area contributed by atoms with Crippen molar-refractivity contribution < 1.29 is 19.2 Å². The zero-order valence-corrected chi connectivity index (χ0v) is 13.3. The lowest BCUT2D eigenvalue weighted by Gasteiger charge is -2.32. The van der Waals surface area contributed by atoms with Gasteiger partial charge in [0.05, 0.1) is 16.8 Å². The maximum absolute atomic E-state index is 11.0. The summed E-state index contributed by atoms with van der Waals surface area (Å²) in [5.41, 5.74) is 6.42. The van der Waals surface area contributed by atoms with E-state index < -0.39 is 24.3 Å². The number of carboxylic acid groups (broad SMARTS) is 1. The second kappa shape index (κ2) is 5.83. The molecule has 0 saturated carbocycles. The van der Waals surface area contributed by atoms with Crippen LogP contribution < -0.4 is 5.73 Å². The van der Waals surface area contributed by atoms with E-state index >= 15 is 0 Å². The average Bonchev–Trinajstić information content (AvgIpc) is 2.65. The third-order valence-corrected chi connectivity index (χ3v) is 4.15. The molecule has 22 heavy (non-hydrogen) atoms. The monoisotopic (exact) mass is 304 g/mol. The molecule has 2 rings (SSSR count). The molecule has 1 fully saturated rings. The molecule has 1 aliphatic heterocycles. The molecule has 1 saturated heterocycles. The minimum Gasteiger partial charge on any atom is -0.478 e. The van der Waals surface area contributed by atoms with Crippen LogP contribution in [-0.4, -0.2) is 40.9 Å². The van der Waals surface area contributed by atoms with Gasteiger partial charge in [0.2, 0.25) is 0 Å². The van der Waals surface area contributed by atoms with Crippen LogP contribution in [0.15, 0.2) is 23.9 Å². The van der Waals surface area contributed by atoms with Crippen LogP contribution in [-0.2, 0) is 9.31 Å². The van der Waals surface area contributed by atoms with Crippen molar-refractivity contribution in [2.75, 3.05) is 6.54 Å². The van der Waals surface area contributed by atoms with Gasteiger partial charge in [-0.3, -0.25) is 4.98 Å². The first-order valence-corrected chi connectivity index (χ1v) is 7.11. The standard InChI is InChI=1S/C15H21BN2O4/c1-14(2)15(3,4)22-16(21-14)12(7-17)6-10-5-11(13(19)20)9-18-8-10/h5-6,8-9H,7,17H2,1-4H3,(H,19,20).